The summed E-state index contributed by atoms with van der Waals surface area (Å²) < 4.78 is 9.57. The molecule has 0 bridgehead atoms. The van der Waals surface area contributed by atoms with Gasteiger partial charge in [0.25, 0.3) is 0 Å². The molecule has 4 heterocycles. The number of aromatic nitrogens is 4. The van der Waals surface area contributed by atoms with Gasteiger partial charge in [-0.1, -0.05) is 63.9 Å². The lowest BCUT2D eigenvalue weighted by Gasteiger charge is -2.30. The number of fused-ring (bicyclic) bond motifs is 3. The topological polar surface area (TPSA) is 175 Å². The van der Waals surface area contributed by atoms with Gasteiger partial charge in [0, 0.05) is 29.6 Å². The summed E-state index contributed by atoms with van der Waals surface area (Å²) in [5.74, 6) is 7.26. The van der Waals surface area contributed by atoms with Crippen LogP contribution in [0.3, 0.4) is 0 Å². The Morgan fingerprint density at radius 1 is 0.780 bits per heavy atom. The first-order valence-corrected chi connectivity index (χ1v) is 20.3. The zero-order chi connectivity index (χ0) is 42.0. The lowest BCUT2D eigenvalue weighted by atomic mass is 9.95. The van der Waals surface area contributed by atoms with Crippen LogP contribution in [-0.2, 0) is 19.1 Å². The average molecular weight is 801 g/mol. The number of methoxy groups -OCH3 is 2. The summed E-state index contributed by atoms with van der Waals surface area (Å²) in [5, 5.41) is 7.42. The van der Waals surface area contributed by atoms with E-state index in [4.69, 9.17) is 19.4 Å². The standard InChI is InChI=1S/C45H52N8O6/c1-8-11-27-23-30(34-24-46-40(48-34)35-12-9-20-52(35)42(54)37(25(2)3)50-44(56)58-6)15-17-31(27)28-14-18-32-29(22-28)16-19-33-39(32)49-41(47-33)36-13-10-21-53(36)43(55)38(26(4)5)51-45(57)59-7/h14-19,22-26,35-38H,9-10,12-13,20-21H2,1-7H3,(H,46,48)(H,47,49)(H,50,56)(H,51,57)/t35-,36-,37-,38-/m0/s1. The Bertz CT molecular complexity index is 2460. The summed E-state index contributed by atoms with van der Waals surface area (Å²) in [6.45, 7) is 10.6. The Morgan fingerprint density at radius 3 is 1.98 bits per heavy atom. The van der Waals surface area contributed by atoms with E-state index in [0.717, 1.165) is 81.3 Å². The number of benzene rings is 3. The normalized spacial score (nSPS) is 17.6. The van der Waals surface area contributed by atoms with Gasteiger partial charge in [0.1, 0.15) is 23.7 Å². The highest BCUT2D eigenvalue weighted by molar-refractivity contribution is 6.05. The quantitative estimate of drug-likeness (QED) is 0.107. The molecule has 4 atom stereocenters. The van der Waals surface area contributed by atoms with Crippen molar-refractivity contribution in [1.82, 2.24) is 40.4 Å². The molecule has 4 amide bonds. The van der Waals surface area contributed by atoms with Crippen molar-refractivity contribution >= 4 is 45.8 Å². The predicted molar refractivity (Wildman–Crippen MR) is 225 cm³/mol. The van der Waals surface area contributed by atoms with E-state index in [2.05, 4.69) is 68.8 Å². The predicted octanol–water partition coefficient (Wildman–Crippen LogP) is 7.23. The minimum absolute atomic E-state index is 0.121. The van der Waals surface area contributed by atoms with Crippen molar-refractivity contribution in [3.8, 4) is 34.2 Å². The number of likely N-dealkylation sites (tertiary alicyclic amines) is 2. The minimum Gasteiger partial charge on any atom is -0.453 e. The van der Waals surface area contributed by atoms with E-state index in [9.17, 15) is 19.2 Å². The fraction of sp³-hybridized carbons (Fsp3) is 0.422. The third-order valence-electron chi connectivity index (χ3n) is 11.5. The molecule has 14 heteroatoms. The number of ether oxygens (including phenoxy) is 2. The van der Waals surface area contributed by atoms with Crippen molar-refractivity contribution in [3.05, 3.63) is 71.9 Å². The molecule has 0 saturated carbocycles. The molecule has 3 aromatic carbocycles. The summed E-state index contributed by atoms with van der Waals surface area (Å²) in [6.07, 6.45) is 3.72. The maximum atomic E-state index is 13.7. The molecule has 7 rings (SSSR count). The van der Waals surface area contributed by atoms with E-state index in [1.807, 2.05) is 51.7 Å². The van der Waals surface area contributed by atoms with Crippen LogP contribution in [0.5, 0.6) is 0 Å². The van der Waals surface area contributed by atoms with Crippen molar-refractivity contribution < 1.29 is 28.7 Å². The number of aromatic amines is 2. The number of amides is 4. The van der Waals surface area contributed by atoms with Crippen molar-refractivity contribution in [3.63, 3.8) is 0 Å². The van der Waals surface area contributed by atoms with Gasteiger partial charge in [-0.3, -0.25) is 9.59 Å². The van der Waals surface area contributed by atoms with Crippen LogP contribution in [0.2, 0.25) is 0 Å². The molecule has 2 aromatic heterocycles. The number of hydrogen-bond donors (Lipinski definition) is 4. The lowest BCUT2D eigenvalue weighted by molar-refractivity contribution is -0.136. The number of nitrogens with zero attached hydrogens (tertiary/aromatic N) is 4. The Hall–Kier alpha value is -6.36. The molecular formula is C45H52N8O6. The Kier molecular flexibility index (Phi) is 11.9. The van der Waals surface area contributed by atoms with Gasteiger partial charge >= 0.3 is 12.2 Å². The Labute approximate surface area is 343 Å². The van der Waals surface area contributed by atoms with Crippen LogP contribution < -0.4 is 10.6 Å². The van der Waals surface area contributed by atoms with E-state index < -0.39 is 24.3 Å². The second-order valence-electron chi connectivity index (χ2n) is 15.9. The average Bonchev–Trinajstić information content (AvgIpc) is 4.07. The summed E-state index contributed by atoms with van der Waals surface area (Å²) in [4.78, 5) is 71.9. The van der Waals surface area contributed by atoms with E-state index in [-0.39, 0.29) is 35.7 Å². The number of alkyl carbamates (subject to hydrolysis) is 2. The highest BCUT2D eigenvalue weighted by Crippen LogP contribution is 2.37. The van der Waals surface area contributed by atoms with E-state index >= 15 is 0 Å². The van der Waals surface area contributed by atoms with Crippen molar-refractivity contribution in [2.45, 2.75) is 84.5 Å². The molecule has 59 heavy (non-hydrogen) atoms. The monoisotopic (exact) mass is 800 g/mol. The van der Waals surface area contributed by atoms with Gasteiger partial charge in [0.2, 0.25) is 11.8 Å². The van der Waals surface area contributed by atoms with Gasteiger partial charge in [-0.05, 0) is 79.2 Å². The highest BCUT2D eigenvalue weighted by Gasteiger charge is 2.39. The SMILES string of the molecule is CC#Cc1cc(-c2cnc([C@@H]3CCCN3C(=O)[C@@H](NC(=O)OC)C(C)C)[nH]2)ccc1-c1ccc2c(ccc3[nH]c([C@@H]4CCCN4C(=O)[C@@H](NC(=O)OC)C(C)C)nc32)c1. The number of hydrogen-bond acceptors (Lipinski definition) is 8. The van der Waals surface area contributed by atoms with Crippen LogP contribution in [0.25, 0.3) is 44.2 Å². The number of imidazole rings is 2. The molecule has 5 aromatic rings. The Balaban J connectivity index is 1.13. The molecule has 0 unspecified atom stereocenters. The van der Waals surface area contributed by atoms with Gasteiger partial charge in [-0.2, -0.15) is 0 Å². The zero-order valence-corrected chi connectivity index (χ0v) is 34.6. The van der Waals surface area contributed by atoms with E-state index in [1.165, 1.54) is 14.2 Å². The number of nitrogens with one attached hydrogen (secondary N) is 4. The number of rotatable bonds is 10. The number of carbonyl (C=O) groups excluding carboxylic acids is 4. The first-order valence-electron chi connectivity index (χ1n) is 20.3. The van der Waals surface area contributed by atoms with Crippen LogP contribution in [0.1, 0.15) is 89.6 Å². The summed E-state index contributed by atoms with van der Waals surface area (Å²) in [7, 11) is 2.58. The second kappa shape index (κ2) is 17.2. The van der Waals surface area contributed by atoms with Crippen molar-refractivity contribution in [1.29, 1.82) is 0 Å². The molecule has 2 saturated heterocycles. The van der Waals surface area contributed by atoms with Gasteiger partial charge in [-0.25, -0.2) is 19.6 Å². The third-order valence-corrected chi connectivity index (χ3v) is 11.5. The number of H-pyrrole nitrogens is 2. The number of carbonyl (C=O) groups is 4. The Morgan fingerprint density at radius 2 is 1.39 bits per heavy atom. The van der Waals surface area contributed by atoms with Gasteiger partial charge in [-0.15, -0.1) is 5.92 Å². The fourth-order valence-corrected chi connectivity index (χ4v) is 8.39. The van der Waals surface area contributed by atoms with Crippen LogP contribution in [-0.4, -0.2) is 93.1 Å². The first-order chi connectivity index (χ1) is 28.4. The maximum Gasteiger partial charge on any atom is 0.407 e. The zero-order valence-electron chi connectivity index (χ0n) is 34.6. The largest absolute Gasteiger partial charge is 0.453 e. The molecule has 4 N–H and O–H groups in total. The van der Waals surface area contributed by atoms with Crippen molar-refractivity contribution in [2.24, 2.45) is 11.8 Å². The second-order valence-corrected chi connectivity index (χ2v) is 15.9. The van der Waals surface area contributed by atoms with Gasteiger partial charge in [0.05, 0.1) is 49.2 Å². The molecule has 308 valence electrons. The smallest absolute Gasteiger partial charge is 0.407 e. The molecule has 0 spiro atoms. The highest BCUT2D eigenvalue weighted by atomic mass is 16.5. The summed E-state index contributed by atoms with van der Waals surface area (Å²) in [6, 6.07) is 14.7. The molecule has 2 aliphatic heterocycles. The molecule has 2 aliphatic rings. The lowest BCUT2D eigenvalue weighted by Crippen LogP contribution is -2.51. The van der Waals surface area contributed by atoms with Crippen LogP contribution >= 0.6 is 0 Å². The first kappa shape index (κ1) is 40.8. The van der Waals surface area contributed by atoms with Crippen LogP contribution in [0.4, 0.5) is 9.59 Å². The van der Waals surface area contributed by atoms with Gasteiger partial charge in [0.15, 0.2) is 0 Å². The van der Waals surface area contributed by atoms with E-state index in [0.29, 0.717) is 18.9 Å². The van der Waals surface area contributed by atoms with Crippen LogP contribution in [0.15, 0.2) is 54.7 Å². The summed E-state index contributed by atoms with van der Waals surface area (Å²) >= 11 is 0. The summed E-state index contributed by atoms with van der Waals surface area (Å²) in [5.41, 5.74) is 6.30. The van der Waals surface area contributed by atoms with E-state index in [1.54, 1.807) is 11.1 Å². The van der Waals surface area contributed by atoms with Crippen molar-refractivity contribution in [2.75, 3.05) is 27.3 Å². The maximum absolute atomic E-state index is 13.7. The fourth-order valence-electron chi connectivity index (χ4n) is 8.39. The molecular weight excluding hydrogens is 749 g/mol. The molecule has 14 nitrogen and oxygen atoms in total. The molecule has 0 aliphatic carbocycles. The minimum atomic E-state index is -0.708. The van der Waals surface area contributed by atoms with Gasteiger partial charge < -0.3 is 39.9 Å². The molecule has 2 fully saturated rings. The molecule has 0 radical (unpaired) electrons. The third kappa shape index (κ3) is 8.19. The van der Waals surface area contributed by atoms with Crippen LogP contribution in [0, 0.1) is 23.7 Å².